The molecule has 0 atom stereocenters. The molecule has 0 saturated heterocycles. The van der Waals surface area contributed by atoms with Crippen LogP contribution in [-0.4, -0.2) is 25.7 Å². The minimum Gasteiger partial charge on any atom is -0.368 e. The summed E-state index contributed by atoms with van der Waals surface area (Å²) >= 11 is 0. The van der Waals surface area contributed by atoms with Crippen molar-refractivity contribution in [3.63, 3.8) is 0 Å². The molecule has 0 radical (unpaired) electrons. The molecule has 70 valence electrons. The predicted molar refractivity (Wildman–Crippen MR) is 48.4 cm³/mol. The summed E-state index contributed by atoms with van der Waals surface area (Å²) in [5.74, 6) is -0.241. The normalized spacial score (nSPS) is 10.0. The minimum absolute atomic E-state index is 0.0758. The van der Waals surface area contributed by atoms with Crippen molar-refractivity contribution in [2.24, 2.45) is 0 Å². The van der Waals surface area contributed by atoms with Gasteiger partial charge in [-0.3, -0.25) is 9.78 Å². The van der Waals surface area contributed by atoms with Gasteiger partial charge >= 0.3 is 0 Å². The van der Waals surface area contributed by atoms with Crippen LogP contribution in [0, 0.1) is 0 Å². The zero-order valence-electron chi connectivity index (χ0n) is 7.16. The van der Waals surface area contributed by atoms with E-state index in [0.29, 0.717) is 5.56 Å². The largest absolute Gasteiger partial charge is 0.368 e. The molecule has 0 fully saturated rings. The lowest BCUT2D eigenvalue weighted by molar-refractivity contribution is 0.0947. The van der Waals surface area contributed by atoms with E-state index >= 15 is 0 Å². The van der Waals surface area contributed by atoms with Gasteiger partial charge in [-0.25, -0.2) is 0 Å². The third-order valence-electron chi connectivity index (χ3n) is 1.69. The van der Waals surface area contributed by atoms with Crippen LogP contribution in [0.25, 0.3) is 0 Å². The molecular weight excluding hydrogens is 182 g/mol. The number of anilines is 1. The van der Waals surface area contributed by atoms with Crippen LogP contribution in [0.3, 0.4) is 0 Å². The van der Waals surface area contributed by atoms with E-state index in [0.717, 1.165) is 4.68 Å². The van der Waals surface area contributed by atoms with Gasteiger partial charge in [0.25, 0.3) is 5.91 Å². The molecular formula is C8H7N5O. The summed E-state index contributed by atoms with van der Waals surface area (Å²) in [5, 5.41) is 3.70. The maximum atomic E-state index is 11.7. The SMILES string of the molecule is Nc1ncnn1C(=O)c1ccncc1. The fourth-order valence-electron chi connectivity index (χ4n) is 1.02. The molecule has 0 aliphatic heterocycles. The van der Waals surface area contributed by atoms with Gasteiger partial charge in [0, 0.05) is 18.0 Å². The van der Waals surface area contributed by atoms with Gasteiger partial charge in [-0.05, 0) is 12.1 Å². The molecule has 0 aromatic carbocycles. The highest BCUT2D eigenvalue weighted by Crippen LogP contribution is 2.02. The summed E-state index contributed by atoms with van der Waals surface area (Å²) < 4.78 is 1.04. The van der Waals surface area contributed by atoms with Gasteiger partial charge in [-0.2, -0.15) is 14.8 Å². The lowest BCUT2D eigenvalue weighted by atomic mass is 10.2. The highest BCUT2D eigenvalue weighted by Gasteiger charge is 2.11. The number of carbonyl (C=O) groups excluding carboxylic acids is 1. The van der Waals surface area contributed by atoms with E-state index in [1.165, 1.54) is 18.7 Å². The van der Waals surface area contributed by atoms with Crippen molar-refractivity contribution < 1.29 is 4.79 Å². The third-order valence-corrected chi connectivity index (χ3v) is 1.69. The number of rotatable bonds is 1. The number of nitrogens with zero attached hydrogens (tertiary/aromatic N) is 4. The first-order chi connectivity index (χ1) is 6.79. The van der Waals surface area contributed by atoms with E-state index in [-0.39, 0.29) is 11.9 Å². The second-order valence-electron chi connectivity index (χ2n) is 2.57. The monoisotopic (exact) mass is 189 g/mol. The van der Waals surface area contributed by atoms with Gasteiger partial charge in [-0.1, -0.05) is 0 Å². The number of hydrogen-bond acceptors (Lipinski definition) is 5. The first-order valence-electron chi connectivity index (χ1n) is 3.89. The van der Waals surface area contributed by atoms with Crippen LogP contribution in [0.5, 0.6) is 0 Å². The number of aromatic nitrogens is 4. The van der Waals surface area contributed by atoms with Crippen molar-refractivity contribution in [2.75, 3.05) is 5.73 Å². The average molecular weight is 189 g/mol. The summed E-state index contributed by atoms with van der Waals surface area (Å²) in [7, 11) is 0. The highest BCUT2D eigenvalue weighted by atomic mass is 16.2. The summed E-state index contributed by atoms with van der Waals surface area (Å²) in [6, 6.07) is 3.17. The van der Waals surface area contributed by atoms with Gasteiger partial charge < -0.3 is 5.73 Å². The second kappa shape index (κ2) is 3.25. The van der Waals surface area contributed by atoms with E-state index in [4.69, 9.17) is 5.73 Å². The fraction of sp³-hybridized carbons (Fsp3) is 0. The van der Waals surface area contributed by atoms with Gasteiger partial charge in [0.1, 0.15) is 6.33 Å². The summed E-state index contributed by atoms with van der Waals surface area (Å²) in [6.07, 6.45) is 4.29. The number of hydrogen-bond donors (Lipinski definition) is 1. The van der Waals surface area contributed by atoms with Gasteiger partial charge in [0.05, 0.1) is 0 Å². The Labute approximate surface area is 79.4 Å². The smallest absolute Gasteiger partial charge is 0.281 e. The molecule has 6 heteroatoms. The molecule has 2 aromatic heterocycles. The van der Waals surface area contributed by atoms with E-state index in [9.17, 15) is 4.79 Å². The number of pyridine rings is 1. The van der Waals surface area contributed by atoms with Gasteiger partial charge in [0.15, 0.2) is 0 Å². The lowest BCUT2D eigenvalue weighted by Gasteiger charge is -1.99. The van der Waals surface area contributed by atoms with Crippen LogP contribution in [0.2, 0.25) is 0 Å². The van der Waals surface area contributed by atoms with Crippen molar-refractivity contribution in [1.82, 2.24) is 19.7 Å². The molecule has 0 amide bonds. The van der Waals surface area contributed by atoms with Crippen LogP contribution in [0.4, 0.5) is 5.95 Å². The Morgan fingerprint density at radius 3 is 2.64 bits per heavy atom. The third kappa shape index (κ3) is 1.33. The van der Waals surface area contributed by atoms with Crippen LogP contribution >= 0.6 is 0 Å². The summed E-state index contributed by atoms with van der Waals surface area (Å²) in [4.78, 5) is 19.1. The van der Waals surface area contributed by atoms with E-state index in [1.54, 1.807) is 12.1 Å². The standard InChI is InChI=1S/C8H7N5O/c9-8-11-5-12-13(8)7(14)6-1-3-10-4-2-6/h1-5H,(H2,9,11,12). The number of nitrogens with two attached hydrogens (primary N) is 1. The molecule has 6 nitrogen and oxygen atoms in total. The molecule has 2 aromatic rings. The van der Waals surface area contributed by atoms with Crippen LogP contribution in [0.15, 0.2) is 30.9 Å². The van der Waals surface area contributed by atoms with Crippen LogP contribution in [-0.2, 0) is 0 Å². The molecule has 0 aliphatic rings. The summed E-state index contributed by atoms with van der Waals surface area (Å²) in [6.45, 7) is 0. The second-order valence-corrected chi connectivity index (χ2v) is 2.57. The molecule has 0 spiro atoms. The Morgan fingerprint density at radius 2 is 2.07 bits per heavy atom. The maximum absolute atomic E-state index is 11.7. The summed E-state index contributed by atoms with van der Waals surface area (Å²) in [5.41, 5.74) is 5.90. The van der Waals surface area contributed by atoms with Crippen molar-refractivity contribution in [3.05, 3.63) is 36.4 Å². The Kier molecular flexibility index (Phi) is 1.94. The minimum atomic E-state index is -0.317. The molecule has 0 aliphatic carbocycles. The number of nitrogen functional groups attached to an aromatic ring is 1. The first kappa shape index (κ1) is 8.36. The van der Waals surface area contributed by atoms with Crippen LogP contribution < -0.4 is 5.73 Å². The van der Waals surface area contributed by atoms with E-state index < -0.39 is 0 Å². The molecule has 0 bridgehead atoms. The Hall–Kier alpha value is -2.24. The zero-order valence-corrected chi connectivity index (χ0v) is 7.16. The van der Waals surface area contributed by atoms with Crippen molar-refractivity contribution in [3.8, 4) is 0 Å². The van der Waals surface area contributed by atoms with Crippen molar-refractivity contribution in [2.45, 2.75) is 0 Å². The zero-order chi connectivity index (χ0) is 9.97. The topological polar surface area (TPSA) is 86.7 Å². The maximum Gasteiger partial charge on any atom is 0.281 e. The Morgan fingerprint density at radius 1 is 1.36 bits per heavy atom. The van der Waals surface area contributed by atoms with Gasteiger partial charge in [-0.15, -0.1) is 0 Å². The van der Waals surface area contributed by atoms with Gasteiger partial charge in [0.2, 0.25) is 5.95 Å². The van der Waals surface area contributed by atoms with Crippen molar-refractivity contribution in [1.29, 1.82) is 0 Å². The lowest BCUT2D eigenvalue weighted by Crippen LogP contribution is -2.16. The predicted octanol–water partition coefficient (Wildman–Crippen LogP) is -0.0562. The quantitative estimate of drug-likeness (QED) is 0.679. The first-order valence-corrected chi connectivity index (χ1v) is 3.89. The van der Waals surface area contributed by atoms with Crippen molar-refractivity contribution >= 4 is 11.9 Å². The van der Waals surface area contributed by atoms with E-state index in [2.05, 4.69) is 15.1 Å². The molecule has 0 unspecified atom stereocenters. The van der Waals surface area contributed by atoms with Crippen LogP contribution in [0.1, 0.15) is 10.4 Å². The Balaban J connectivity index is 2.39. The average Bonchev–Trinajstić information content (AvgIpc) is 2.65. The molecule has 0 saturated carbocycles. The fourth-order valence-corrected chi connectivity index (χ4v) is 1.02. The molecule has 2 rings (SSSR count). The molecule has 2 N–H and O–H groups in total. The molecule has 2 heterocycles. The number of carbonyl (C=O) groups is 1. The molecule has 14 heavy (non-hydrogen) atoms. The van der Waals surface area contributed by atoms with E-state index in [1.807, 2.05) is 0 Å². The highest BCUT2D eigenvalue weighted by molar-refractivity contribution is 5.96. The Bertz CT molecular complexity index is 450.